The molecule has 1 aromatic carbocycles. The Morgan fingerprint density at radius 2 is 2.18 bits per heavy atom. The van der Waals surface area contributed by atoms with Crippen LogP contribution in [0, 0.1) is 11.7 Å². The topological polar surface area (TPSA) is 20.3 Å². The number of thiol groups is 1. The van der Waals surface area contributed by atoms with Crippen molar-refractivity contribution < 1.29 is 9.18 Å². The van der Waals surface area contributed by atoms with Crippen molar-refractivity contribution in [2.45, 2.75) is 30.7 Å². The molecule has 0 aliphatic heterocycles. The summed E-state index contributed by atoms with van der Waals surface area (Å²) >= 11 is 4.13. The number of nitrogens with zero attached hydrogens (tertiary/aromatic N) is 1. The molecular weight excluding hydrogens is 237 g/mol. The summed E-state index contributed by atoms with van der Waals surface area (Å²) in [5.74, 6) is -0.174. The van der Waals surface area contributed by atoms with Crippen LogP contribution in [0.5, 0.6) is 0 Å². The van der Waals surface area contributed by atoms with Crippen molar-refractivity contribution in [2.24, 2.45) is 5.92 Å². The molecule has 1 fully saturated rings. The van der Waals surface area contributed by atoms with Crippen LogP contribution < -0.4 is 0 Å². The van der Waals surface area contributed by atoms with Crippen LogP contribution in [0.25, 0.3) is 0 Å². The quantitative estimate of drug-likeness (QED) is 0.821. The molecule has 0 aromatic heterocycles. The molecule has 0 heterocycles. The molecule has 1 saturated carbocycles. The predicted octanol–water partition coefficient (Wildman–Crippen LogP) is 2.98. The zero-order chi connectivity index (χ0) is 12.6. The second kappa shape index (κ2) is 4.69. The molecule has 0 spiro atoms. The molecule has 2 nitrogen and oxygen atoms in total. The molecule has 2 rings (SSSR count). The molecule has 1 atom stereocenters. The van der Waals surface area contributed by atoms with Crippen LogP contribution in [0.1, 0.15) is 30.1 Å². The minimum atomic E-state index is -0.484. The van der Waals surface area contributed by atoms with Gasteiger partial charge in [0.05, 0.1) is 5.56 Å². The van der Waals surface area contributed by atoms with Gasteiger partial charge >= 0.3 is 0 Å². The number of benzene rings is 1. The highest BCUT2D eigenvalue weighted by Gasteiger charge is 2.33. The summed E-state index contributed by atoms with van der Waals surface area (Å²) < 4.78 is 13.6. The van der Waals surface area contributed by atoms with Gasteiger partial charge in [-0.2, -0.15) is 0 Å². The fourth-order valence-electron chi connectivity index (χ4n) is 1.95. The largest absolute Gasteiger partial charge is 0.339 e. The highest BCUT2D eigenvalue weighted by atomic mass is 32.1. The molecule has 0 bridgehead atoms. The van der Waals surface area contributed by atoms with Crippen molar-refractivity contribution in [3.05, 3.63) is 29.6 Å². The van der Waals surface area contributed by atoms with E-state index in [2.05, 4.69) is 12.6 Å². The summed E-state index contributed by atoms with van der Waals surface area (Å²) in [4.78, 5) is 14.4. The van der Waals surface area contributed by atoms with Crippen molar-refractivity contribution in [1.29, 1.82) is 0 Å². The Hall–Kier alpha value is -1.03. The van der Waals surface area contributed by atoms with Gasteiger partial charge in [0.15, 0.2) is 0 Å². The standard InChI is InChI=1S/C13H16FNOS/c1-8(9-3-4-9)15(2)13(16)11-7-10(17)5-6-12(11)14/h5-9,17H,3-4H2,1-2H3. The van der Waals surface area contributed by atoms with Crippen molar-refractivity contribution >= 4 is 18.5 Å². The van der Waals surface area contributed by atoms with E-state index in [0.717, 1.165) is 12.8 Å². The lowest BCUT2D eigenvalue weighted by atomic mass is 10.1. The number of carbonyl (C=O) groups is 1. The fraction of sp³-hybridized carbons (Fsp3) is 0.462. The van der Waals surface area contributed by atoms with Gasteiger partial charge in [-0.05, 0) is 43.9 Å². The van der Waals surface area contributed by atoms with Crippen LogP contribution in [0.2, 0.25) is 0 Å². The number of carbonyl (C=O) groups excluding carboxylic acids is 1. The molecular formula is C13H16FNOS. The van der Waals surface area contributed by atoms with E-state index in [9.17, 15) is 9.18 Å². The van der Waals surface area contributed by atoms with Crippen LogP contribution in [0.15, 0.2) is 23.1 Å². The fourth-order valence-corrected chi connectivity index (χ4v) is 2.15. The van der Waals surface area contributed by atoms with Gasteiger partial charge in [0.2, 0.25) is 0 Å². The predicted molar refractivity (Wildman–Crippen MR) is 67.9 cm³/mol. The van der Waals surface area contributed by atoms with Crippen molar-refractivity contribution in [3.8, 4) is 0 Å². The van der Waals surface area contributed by atoms with Crippen LogP contribution in [-0.2, 0) is 0 Å². The maximum Gasteiger partial charge on any atom is 0.256 e. The van der Waals surface area contributed by atoms with E-state index in [4.69, 9.17) is 0 Å². The van der Waals surface area contributed by atoms with E-state index in [1.807, 2.05) is 6.92 Å². The molecule has 1 unspecified atom stereocenters. The Bertz CT molecular complexity index is 445. The number of amides is 1. The first-order valence-corrected chi connectivity index (χ1v) is 6.21. The van der Waals surface area contributed by atoms with Crippen molar-refractivity contribution in [2.75, 3.05) is 7.05 Å². The third-order valence-corrected chi connectivity index (χ3v) is 3.69. The van der Waals surface area contributed by atoms with E-state index in [0.29, 0.717) is 10.8 Å². The van der Waals surface area contributed by atoms with E-state index >= 15 is 0 Å². The smallest absolute Gasteiger partial charge is 0.256 e. The molecule has 92 valence electrons. The second-order valence-electron chi connectivity index (χ2n) is 4.66. The minimum absolute atomic E-state index is 0.104. The summed E-state index contributed by atoms with van der Waals surface area (Å²) in [6.45, 7) is 2.01. The zero-order valence-corrected chi connectivity index (χ0v) is 10.9. The number of hydrogen-bond donors (Lipinski definition) is 1. The Kier molecular flexibility index (Phi) is 3.43. The maximum absolute atomic E-state index is 13.6. The molecule has 1 amide bonds. The Morgan fingerprint density at radius 3 is 2.76 bits per heavy atom. The van der Waals surface area contributed by atoms with Gasteiger partial charge in [0.1, 0.15) is 5.82 Å². The van der Waals surface area contributed by atoms with Crippen LogP contribution in [0.4, 0.5) is 4.39 Å². The molecule has 17 heavy (non-hydrogen) atoms. The Morgan fingerprint density at radius 1 is 1.53 bits per heavy atom. The summed E-state index contributed by atoms with van der Waals surface area (Å²) in [7, 11) is 1.73. The third kappa shape index (κ3) is 2.63. The summed E-state index contributed by atoms with van der Waals surface area (Å²) in [6.07, 6.45) is 2.32. The average Bonchev–Trinajstić information content (AvgIpc) is 3.13. The van der Waals surface area contributed by atoms with Gasteiger partial charge in [-0.15, -0.1) is 12.6 Å². The van der Waals surface area contributed by atoms with Crippen molar-refractivity contribution in [1.82, 2.24) is 4.90 Å². The summed E-state index contributed by atoms with van der Waals surface area (Å²) in [5.41, 5.74) is 0.104. The highest BCUT2D eigenvalue weighted by Crippen LogP contribution is 2.35. The lowest BCUT2D eigenvalue weighted by molar-refractivity contribution is 0.0722. The SMILES string of the molecule is CC(C1CC1)N(C)C(=O)c1cc(S)ccc1F. The third-order valence-electron chi connectivity index (χ3n) is 3.42. The minimum Gasteiger partial charge on any atom is -0.339 e. The molecule has 1 aliphatic rings. The maximum atomic E-state index is 13.6. The molecule has 0 N–H and O–H groups in total. The van der Waals surface area contributed by atoms with E-state index in [1.54, 1.807) is 18.0 Å². The van der Waals surface area contributed by atoms with Crippen LogP contribution in [-0.4, -0.2) is 23.9 Å². The van der Waals surface area contributed by atoms with Gasteiger partial charge in [0, 0.05) is 18.0 Å². The number of rotatable bonds is 3. The molecule has 0 radical (unpaired) electrons. The molecule has 0 saturated heterocycles. The first kappa shape index (κ1) is 12.4. The number of halogens is 1. The molecule has 4 heteroatoms. The van der Waals surface area contributed by atoms with E-state index in [-0.39, 0.29) is 17.5 Å². The van der Waals surface area contributed by atoms with Gasteiger partial charge in [0.25, 0.3) is 5.91 Å². The first-order chi connectivity index (χ1) is 8.00. The summed E-state index contributed by atoms with van der Waals surface area (Å²) in [5, 5.41) is 0. The monoisotopic (exact) mass is 253 g/mol. The molecule has 1 aromatic rings. The molecule has 1 aliphatic carbocycles. The first-order valence-electron chi connectivity index (χ1n) is 5.76. The summed E-state index contributed by atoms with van der Waals surface area (Å²) in [6, 6.07) is 4.48. The van der Waals surface area contributed by atoms with E-state index < -0.39 is 5.82 Å². The Balaban J connectivity index is 2.20. The van der Waals surface area contributed by atoms with E-state index in [1.165, 1.54) is 12.1 Å². The van der Waals surface area contributed by atoms with Gasteiger partial charge in [-0.25, -0.2) is 4.39 Å². The lowest BCUT2D eigenvalue weighted by Crippen LogP contribution is -2.36. The van der Waals surface area contributed by atoms with Crippen LogP contribution >= 0.6 is 12.6 Å². The van der Waals surface area contributed by atoms with Gasteiger partial charge < -0.3 is 4.90 Å². The van der Waals surface area contributed by atoms with Crippen molar-refractivity contribution in [3.63, 3.8) is 0 Å². The Labute approximate surface area is 106 Å². The average molecular weight is 253 g/mol. The lowest BCUT2D eigenvalue weighted by Gasteiger charge is -2.25. The van der Waals surface area contributed by atoms with Crippen LogP contribution in [0.3, 0.4) is 0 Å². The van der Waals surface area contributed by atoms with Gasteiger partial charge in [-0.3, -0.25) is 4.79 Å². The normalized spacial score (nSPS) is 16.7. The zero-order valence-electron chi connectivity index (χ0n) is 9.98. The highest BCUT2D eigenvalue weighted by molar-refractivity contribution is 7.80. The number of hydrogen-bond acceptors (Lipinski definition) is 2. The second-order valence-corrected chi connectivity index (χ2v) is 5.17. The van der Waals surface area contributed by atoms with Gasteiger partial charge in [-0.1, -0.05) is 0 Å².